The monoisotopic (exact) mass is 357 g/mol. The van der Waals surface area contributed by atoms with E-state index in [0.29, 0.717) is 21.6 Å². The van der Waals surface area contributed by atoms with Gasteiger partial charge in [-0.25, -0.2) is 5.43 Å². The van der Waals surface area contributed by atoms with Crippen molar-refractivity contribution in [1.29, 1.82) is 0 Å². The molecular weight excluding hydrogens is 345 g/mol. The zero-order valence-electron chi connectivity index (χ0n) is 11.5. The Kier molecular flexibility index (Phi) is 6.34. The molecule has 2 rings (SSSR count). The number of hydrazine groups is 1. The van der Waals surface area contributed by atoms with E-state index in [1.807, 2.05) is 12.1 Å². The minimum absolute atomic E-state index is 0.127. The van der Waals surface area contributed by atoms with E-state index in [4.69, 9.17) is 34.8 Å². The van der Waals surface area contributed by atoms with Crippen molar-refractivity contribution < 1.29 is 4.79 Å². The molecule has 116 valence electrons. The topological polar surface area (TPSA) is 53.2 Å². The Morgan fingerprint density at radius 2 is 1.77 bits per heavy atom. The molecule has 0 saturated carbocycles. The molecule has 0 radical (unpaired) electrons. The van der Waals surface area contributed by atoms with Crippen molar-refractivity contribution >= 4 is 46.4 Å². The van der Waals surface area contributed by atoms with Gasteiger partial charge in [-0.2, -0.15) is 0 Å². The Morgan fingerprint density at radius 1 is 1.00 bits per heavy atom. The van der Waals surface area contributed by atoms with Crippen LogP contribution in [0.2, 0.25) is 15.1 Å². The van der Waals surface area contributed by atoms with Gasteiger partial charge in [0.25, 0.3) is 5.91 Å². The number of benzene rings is 2. The van der Waals surface area contributed by atoms with Crippen LogP contribution in [0, 0.1) is 0 Å². The molecule has 7 heteroatoms. The lowest BCUT2D eigenvalue weighted by Crippen LogP contribution is -2.40. The number of rotatable bonds is 6. The van der Waals surface area contributed by atoms with Crippen molar-refractivity contribution in [2.45, 2.75) is 6.54 Å². The molecule has 0 bridgehead atoms. The number of carbonyl (C=O) groups is 1. The highest BCUT2D eigenvalue weighted by molar-refractivity contribution is 6.35. The van der Waals surface area contributed by atoms with E-state index in [-0.39, 0.29) is 12.5 Å². The molecule has 0 heterocycles. The maximum Gasteiger partial charge on any atom is 0.253 e. The van der Waals surface area contributed by atoms with Crippen LogP contribution in [0.25, 0.3) is 0 Å². The molecule has 0 aliphatic rings. The lowest BCUT2D eigenvalue weighted by Gasteiger charge is -2.10. The van der Waals surface area contributed by atoms with Gasteiger partial charge in [0.15, 0.2) is 0 Å². The molecule has 0 spiro atoms. The van der Waals surface area contributed by atoms with E-state index in [9.17, 15) is 4.79 Å². The molecule has 0 atom stereocenters. The highest BCUT2D eigenvalue weighted by Crippen LogP contribution is 2.20. The number of hydrogen-bond acceptors (Lipinski definition) is 3. The van der Waals surface area contributed by atoms with Crippen molar-refractivity contribution in [3.8, 4) is 0 Å². The zero-order valence-corrected chi connectivity index (χ0v) is 13.8. The smallest absolute Gasteiger partial charge is 0.253 e. The van der Waals surface area contributed by atoms with Crippen molar-refractivity contribution in [3.63, 3.8) is 0 Å². The summed E-state index contributed by atoms with van der Waals surface area (Å²) in [6, 6.07) is 12.4. The lowest BCUT2D eigenvalue weighted by atomic mass is 10.2. The molecule has 0 aliphatic carbocycles. The summed E-state index contributed by atoms with van der Waals surface area (Å²) >= 11 is 17.7. The Hall–Kier alpha value is -1.46. The van der Waals surface area contributed by atoms with Gasteiger partial charge in [-0.15, -0.1) is 0 Å². The van der Waals surface area contributed by atoms with Gasteiger partial charge in [0, 0.05) is 27.3 Å². The average Bonchev–Trinajstić information content (AvgIpc) is 2.47. The maximum absolute atomic E-state index is 11.7. The number of carbonyl (C=O) groups excluding carboxylic acids is 1. The zero-order chi connectivity index (χ0) is 15.9. The van der Waals surface area contributed by atoms with E-state index < -0.39 is 0 Å². The normalized spacial score (nSPS) is 10.3. The van der Waals surface area contributed by atoms with E-state index in [2.05, 4.69) is 16.2 Å². The van der Waals surface area contributed by atoms with Crippen LogP contribution in [0.3, 0.4) is 0 Å². The molecule has 0 unspecified atom stereocenters. The molecule has 3 N–H and O–H groups in total. The van der Waals surface area contributed by atoms with Crippen molar-refractivity contribution in [1.82, 2.24) is 10.9 Å². The fourth-order valence-electron chi connectivity index (χ4n) is 1.73. The van der Waals surface area contributed by atoms with Gasteiger partial charge in [0.1, 0.15) is 0 Å². The van der Waals surface area contributed by atoms with E-state index in [1.165, 1.54) is 0 Å². The minimum atomic E-state index is -0.204. The summed E-state index contributed by atoms with van der Waals surface area (Å²) < 4.78 is 0. The molecule has 2 aromatic carbocycles. The lowest BCUT2D eigenvalue weighted by molar-refractivity contribution is -0.120. The first kappa shape index (κ1) is 16.9. The van der Waals surface area contributed by atoms with Gasteiger partial charge < -0.3 is 5.32 Å². The van der Waals surface area contributed by atoms with Gasteiger partial charge in [-0.3, -0.25) is 10.2 Å². The number of halogens is 3. The summed E-state index contributed by atoms with van der Waals surface area (Å²) in [5.74, 6) is -0.204. The van der Waals surface area contributed by atoms with Gasteiger partial charge in [0.05, 0.1) is 6.54 Å². The SMILES string of the molecule is O=C(CNc1cccc(Cl)c1)NNCc1ccc(Cl)cc1Cl. The van der Waals surface area contributed by atoms with Crippen LogP contribution in [0.5, 0.6) is 0 Å². The molecule has 0 fully saturated rings. The summed E-state index contributed by atoms with van der Waals surface area (Å²) in [4.78, 5) is 11.7. The highest BCUT2D eigenvalue weighted by atomic mass is 35.5. The van der Waals surface area contributed by atoms with E-state index in [1.54, 1.807) is 30.3 Å². The van der Waals surface area contributed by atoms with Crippen molar-refractivity contribution in [2.75, 3.05) is 11.9 Å². The second kappa shape index (κ2) is 8.25. The van der Waals surface area contributed by atoms with Crippen LogP contribution in [-0.2, 0) is 11.3 Å². The Bertz CT molecular complexity index is 664. The summed E-state index contributed by atoms with van der Waals surface area (Å²) in [5, 5.41) is 4.70. The van der Waals surface area contributed by atoms with Crippen molar-refractivity contribution in [2.24, 2.45) is 0 Å². The van der Waals surface area contributed by atoms with Crippen LogP contribution in [0.1, 0.15) is 5.56 Å². The van der Waals surface area contributed by atoms with Gasteiger partial charge in [-0.05, 0) is 35.9 Å². The first-order valence-electron chi connectivity index (χ1n) is 6.49. The predicted octanol–water partition coefficient (Wildman–Crippen LogP) is 3.88. The molecule has 4 nitrogen and oxygen atoms in total. The maximum atomic E-state index is 11.7. The quantitative estimate of drug-likeness (QED) is 0.687. The van der Waals surface area contributed by atoms with Crippen LogP contribution in [0.15, 0.2) is 42.5 Å². The molecule has 1 amide bonds. The van der Waals surface area contributed by atoms with Crippen LogP contribution in [0.4, 0.5) is 5.69 Å². The molecular formula is C15H14Cl3N3O. The average molecular weight is 359 g/mol. The molecule has 0 aliphatic heterocycles. The van der Waals surface area contributed by atoms with Crippen LogP contribution >= 0.6 is 34.8 Å². The summed E-state index contributed by atoms with van der Waals surface area (Å²) in [7, 11) is 0. The summed E-state index contributed by atoms with van der Waals surface area (Å²) in [5.41, 5.74) is 7.02. The Labute approximate surface area is 143 Å². The number of anilines is 1. The second-order valence-corrected chi connectivity index (χ2v) is 5.78. The number of amides is 1. The van der Waals surface area contributed by atoms with E-state index >= 15 is 0 Å². The minimum Gasteiger partial charge on any atom is -0.376 e. The molecule has 0 aromatic heterocycles. The first-order chi connectivity index (χ1) is 10.5. The van der Waals surface area contributed by atoms with E-state index in [0.717, 1.165) is 11.3 Å². The number of nitrogens with one attached hydrogen (secondary N) is 3. The Morgan fingerprint density at radius 3 is 2.50 bits per heavy atom. The summed E-state index contributed by atoms with van der Waals surface area (Å²) in [6.07, 6.45) is 0. The predicted molar refractivity (Wildman–Crippen MR) is 91.4 cm³/mol. The fourth-order valence-corrected chi connectivity index (χ4v) is 2.39. The van der Waals surface area contributed by atoms with Crippen molar-refractivity contribution in [3.05, 3.63) is 63.1 Å². The van der Waals surface area contributed by atoms with Gasteiger partial charge in [0.2, 0.25) is 0 Å². The largest absolute Gasteiger partial charge is 0.376 e. The molecule has 22 heavy (non-hydrogen) atoms. The van der Waals surface area contributed by atoms with Crippen LogP contribution < -0.4 is 16.2 Å². The second-order valence-electron chi connectivity index (χ2n) is 4.50. The summed E-state index contributed by atoms with van der Waals surface area (Å²) in [6.45, 7) is 0.528. The Balaban J connectivity index is 1.74. The molecule has 0 saturated heterocycles. The standard InChI is InChI=1S/C15H14Cl3N3O/c16-11-2-1-3-13(6-11)19-9-15(22)21-20-8-10-4-5-12(17)7-14(10)18/h1-7,19-20H,8-9H2,(H,21,22). The third-order valence-electron chi connectivity index (χ3n) is 2.80. The van der Waals surface area contributed by atoms with Gasteiger partial charge >= 0.3 is 0 Å². The number of hydrogen-bond donors (Lipinski definition) is 3. The fraction of sp³-hybridized carbons (Fsp3) is 0.133. The van der Waals surface area contributed by atoms with Crippen LogP contribution in [-0.4, -0.2) is 12.5 Å². The van der Waals surface area contributed by atoms with Gasteiger partial charge in [-0.1, -0.05) is 46.9 Å². The third-order valence-corrected chi connectivity index (χ3v) is 3.62. The molecule has 2 aromatic rings. The highest BCUT2D eigenvalue weighted by Gasteiger charge is 2.03. The third kappa shape index (κ3) is 5.39. The first-order valence-corrected chi connectivity index (χ1v) is 7.63.